The van der Waals surface area contributed by atoms with E-state index in [1.807, 2.05) is 20.8 Å². The predicted molar refractivity (Wildman–Crippen MR) is 50.5 cm³/mol. The van der Waals surface area contributed by atoms with Gasteiger partial charge in [0, 0.05) is 11.7 Å². The van der Waals surface area contributed by atoms with Crippen LogP contribution in [0.4, 0.5) is 10.5 Å². The lowest BCUT2D eigenvalue weighted by Gasteiger charge is -2.20. The van der Waals surface area contributed by atoms with Crippen LogP contribution in [0.25, 0.3) is 0 Å². The van der Waals surface area contributed by atoms with Crippen LogP contribution in [0, 0.1) is 0 Å². The van der Waals surface area contributed by atoms with Crippen molar-refractivity contribution in [2.24, 2.45) is 0 Å². The molecule has 3 N–H and O–H groups in total. The number of amides is 2. The van der Waals surface area contributed by atoms with Gasteiger partial charge < -0.3 is 10.6 Å². The predicted octanol–water partition coefficient (Wildman–Crippen LogP) is 1.33. The van der Waals surface area contributed by atoms with E-state index in [0.717, 1.165) is 0 Å². The van der Waals surface area contributed by atoms with Crippen LogP contribution in [0.15, 0.2) is 12.4 Å². The van der Waals surface area contributed by atoms with Gasteiger partial charge in [0.05, 0.1) is 11.9 Å². The van der Waals surface area contributed by atoms with Gasteiger partial charge in [0.15, 0.2) is 0 Å². The SMILES string of the molecule is CC(C)(C)NC(=O)Nc1cn[nH]c1. The number of anilines is 1. The molecular weight excluding hydrogens is 168 g/mol. The van der Waals surface area contributed by atoms with Crippen molar-refractivity contribution in [2.45, 2.75) is 26.3 Å². The zero-order valence-electron chi connectivity index (χ0n) is 8.01. The van der Waals surface area contributed by atoms with Gasteiger partial charge in [0.1, 0.15) is 0 Å². The van der Waals surface area contributed by atoms with Gasteiger partial charge >= 0.3 is 6.03 Å². The molecule has 5 heteroatoms. The molecule has 5 nitrogen and oxygen atoms in total. The maximum absolute atomic E-state index is 11.3. The molecule has 0 spiro atoms. The number of nitrogens with zero attached hydrogens (tertiary/aromatic N) is 1. The second-order valence-corrected chi connectivity index (χ2v) is 3.82. The molecule has 0 saturated heterocycles. The molecule has 1 heterocycles. The average Bonchev–Trinajstić information content (AvgIpc) is 2.34. The molecule has 72 valence electrons. The number of urea groups is 1. The Balaban J connectivity index is 2.43. The van der Waals surface area contributed by atoms with Crippen molar-refractivity contribution in [1.29, 1.82) is 0 Å². The Kier molecular flexibility index (Phi) is 2.55. The highest BCUT2D eigenvalue weighted by Gasteiger charge is 2.13. The first kappa shape index (κ1) is 9.57. The Morgan fingerprint density at radius 2 is 2.23 bits per heavy atom. The lowest BCUT2D eigenvalue weighted by molar-refractivity contribution is 0.244. The number of nitrogens with one attached hydrogen (secondary N) is 3. The van der Waals surface area contributed by atoms with E-state index in [9.17, 15) is 4.79 Å². The van der Waals surface area contributed by atoms with E-state index in [2.05, 4.69) is 20.8 Å². The summed E-state index contributed by atoms with van der Waals surface area (Å²) in [7, 11) is 0. The molecule has 0 fully saturated rings. The number of hydrogen-bond acceptors (Lipinski definition) is 2. The fraction of sp³-hybridized carbons (Fsp3) is 0.500. The molecule has 0 aliphatic carbocycles. The number of hydrogen-bond donors (Lipinski definition) is 3. The second kappa shape index (κ2) is 3.47. The molecule has 0 aliphatic rings. The average molecular weight is 182 g/mol. The van der Waals surface area contributed by atoms with E-state index in [1.165, 1.54) is 0 Å². The summed E-state index contributed by atoms with van der Waals surface area (Å²) >= 11 is 0. The molecule has 0 atom stereocenters. The van der Waals surface area contributed by atoms with E-state index in [-0.39, 0.29) is 11.6 Å². The molecular formula is C8H14N4O. The van der Waals surface area contributed by atoms with Gasteiger partial charge in [-0.2, -0.15) is 5.10 Å². The van der Waals surface area contributed by atoms with Gasteiger partial charge in [-0.25, -0.2) is 4.79 Å². The summed E-state index contributed by atoms with van der Waals surface area (Å²) in [5.74, 6) is 0. The monoisotopic (exact) mass is 182 g/mol. The molecule has 1 aromatic rings. The maximum atomic E-state index is 11.3. The van der Waals surface area contributed by atoms with Crippen molar-refractivity contribution >= 4 is 11.7 Å². The van der Waals surface area contributed by atoms with Crippen LogP contribution >= 0.6 is 0 Å². The van der Waals surface area contributed by atoms with E-state index in [1.54, 1.807) is 12.4 Å². The quantitative estimate of drug-likeness (QED) is 0.613. The number of carbonyl (C=O) groups is 1. The summed E-state index contributed by atoms with van der Waals surface area (Å²) in [5.41, 5.74) is 0.426. The number of carbonyl (C=O) groups excluding carboxylic acids is 1. The molecule has 0 saturated carbocycles. The molecule has 0 unspecified atom stereocenters. The van der Waals surface area contributed by atoms with Crippen LogP contribution < -0.4 is 10.6 Å². The minimum Gasteiger partial charge on any atom is -0.333 e. The minimum absolute atomic E-state index is 0.228. The Hall–Kier alpha value is -1.52. The molecule has 0 aliphatic heterocycles. The fourth-order valence-corrected chi connectivity index (χ4v) is 0.822. The van der Waals surface area contributed by atoms with Gasteiger partial charge in [-0.3, -0.25) is 5.10 Å². The topological polar surface area (TPSA) is 69.8 Å². The van der Waals surface area contributed by atoms with E-state index < -0.39 is 0 Å². The number of aromatic nitrogens is 2. The summed E-state index contributed by atoms with van der Waals surface area (Å²) in [6.45, 7) is 5.76. The summed E-state index contributed by atoms with van der Waals surface area (Å²) in [6.07, 6.45) is 3.16. The zero-order chi connectivity index (χ0) is 9.90. The van der Waals surface area contributed by atoms with Crippen LogP contribution in [-0.2, 0) is 0 Å². The van der Waals surface area contributed by atoms with Crippen LogP contribution in [0.5, 0.6) is 0 Å². The molecule has 1 aromatic heterocycles. The van der Waals surface area contributed by atoms with Crippen LogP contribution in [0.1, 0.15) is 20.8 Å². The number of aromatic amines is 1. The van der Waals surface area contributed by atoms with Gasteiger partial charge in [-0.05, 0) is 20.8 Å². The lowest BCUT2D eigenvalue weighted by atomic mass is 10.1. The smallest absolute Gasteiger partial charge is 0.319 e. The third kappa shape index (κ3) is 3.59. The van der Waals surface area contributed by atoms with Crippen molar-refractivity contribution < 1.29 is 4.79 Å². The van der Waals surface area contributed by atoms with E-state index in [4.69, 9.17) is 0 Å². The van der Waals surface area contributed by atoms with Crippen LogP contribution in [-0.4, -0.2) is 21.8 Å². The lowest BCUT2D eigenvalue weighted by Crippen LogP contribution is -2.43. The zero-order valence-corrected chi connectivity index (χ0v) is 8.01. The van der Waals surface area contributed by atoms with Crippen LogP contribution in [0.3, 0.4) is 0 Å². The molecule has 13 heavy (non-hydrogen) atoms. The summed E-state index contributed by atoms with van der Waals surface area (Å²) in [6, 6.07) is -0.228. The Bertz CT molecular complexity index is 273. The van der Waals surface area contributed by atoms with Crippen molar-refractivity contribution in [3.05, 3.63) is 12.4 Å². The highest BCUT2D eigenvalue weighted by atomic mass is 16.2. The van der Waals surface area contributed by atoms with Gasteiger partial charge in [0.2, 0.25) is 0 Å². The van der Waals surface area contributed by atoms with Crippen molar-refractivity contribution in [1.82, 2.24) is 15.5 Å². The largest absolute Gasteiger partial charge is 0.333 e. The number of rotatable bonds is 1. The minimum atomic E-state index is -0.228. The van der Waals surface area contributed by atoms with Crippen LogP contribution in [0.2, 0.25) is 0 Å². The molecule has 0 bridgehead atoms. The first-order valence-corrected chi connectivity index (χ1v) is 4.05. The Morgan fingerprint density at radius 3 is 2.69 bits per heavy atom. The maximum Gasteiger partial charge on any atom is 0.319 e. The Labute approximate surface area is 76.9 Å². The van der Waals surface area contributed by atoms with Gasteiger partial charge in [-0.15, -0.1) is 0 Å². The van der Waals surface area contributed by atoms with E-state index in [0.29, 0.717) is 5.69 Å². The fourth-order valence-electron chi connectivity index (χ4n) is 0.822. The first-order valence-electron chi connectivity index (χ1n) is 4.05. The first-order chi connectivity index (χ1) is 5.97. The normalized spacial score (nSPS) is 11.0. The highest BCUT2D eigenvalue weighted by molar-refractivity contribution is 5.89. The van der Waals surface area contributed by atoms with Gasteiger partial charge in [-0.1, -0.05) is 0 Å². The standard InChI is InChI=1S/C8H14N4O/c1-8(2,3)12-7(13)11-6-4-9-10-5-6/h4-5H,1-3H3,(H,9,10)(H2,11,12,13). The number of H-pyrrole nitrogens is 1. The summed E-state index contributed by atoms with van der Waals surface area (Å²) in [4.78, 5) is 11.3. The Morgan fingerprint density at radius 1 is 1.54 bits per heavy atom. The van der Waals surface area contributed by atoms with Crippen molar-refractivity contribution in [3.8, 4) is 0 Å². The highest BCUT2D eigenvalue weighted by Crippen LogP contribution is 2.03. The molecule has 0 radical (unpaired) electrons. The third-order valence-electron chi connectivity index (χ3n) is 1.24. The molecule has 1 rings (SSSR count). The second-order valence-electron chi connectivity index (χ2n) is 3.82. The summed E-state index contributed by atoms with van der Waals surface area (Å²) in [5, 5.41) is 11.7. The van der Waals surface area contributed by atoms with Crippen molar-refractivity contribution in [2.75, 3.05) is 5.32 Å². The third-order valence-corrected chi connectivity index (χ3v) is 1.24. The van der Waals surface area contributed by atoms with Crippen molar-refractivity contribution in [3.63, 3.8) is 0 Å². The van der Waals surface area contributed by atoms with Gasteiger partial charge in [0.25, 0.3) is 0 Å². The molecule has 0 aromatic carbocycles. The molecule has 2 amide bonds. The van der Waals surface area contributed by atoms with E-state index >= 15 is 0 Å². The summed E-state index contributed by atoms with van der Waals surface area (Å²) < 4.78 is 0.